The molecule has 2 rings (SSSR count). The molecule has 0 aliphatic heterocycles. The van der Waals surface area contributed by atoms with Crippen LogP contribution in [0.1, 0.15) is 43.3 Å². The molecule has 1 aliphatic rings. The number of hydrogen-bond acceptors (Lipinski definition) is 3. The van der Waals surface area contributed by atoms with Crippen LogP contribution in [0.5, 0.6) is 0 Å². The highest BCUT2D eigenvalue weighted by molar-refractivity contribution is 7.09. The first-order valence-electron chi connectivity index (χ1n) is 5.31. The Bertz CT molecular complexity index is 302. The first kappa shape index (κ1) is 10.1. The fourth-order valence-electron chi connectivity index (χ4n) is 2.13. The Morgan fingerprint density at radius 1 is 1.50 bits per heavy atom. The zero-order valence-corrected chi connectivity index (χ0v) is 9.69. The molecule has 14 heavy (non-hydrogen) atoms. The Labute approximate surface area is 89.3 Å². The molecule has 0 radical (unpaired) electrons. The van der Waals surface area contributed by atoms with E-state index in [-0.39, 0.29) is 5.60 Å². The minimum Gasteiger partial charge on any atom is -0.371 e. The lowest BCUT2D eigenvalue weighted by Crippen LogP contribution is -2.24. The van der Waals surface area contributed by atoms with Crippen LogP contribution in [0.15, 0.2) is 5.38 Å². The number of hydrogen-bond donors (Lipinski definition) is 0. The Kier molecular flexibility index (Phi) is 2.88. The third-order valence-corrected chi connectivity index (χ3v) is 4.18. The molecule has 78 valence electrons. The first-order chi connectivity index (χ1) is 6.80. The van der Waals surface area contributed by atoms with E-state index in [1.165, 1.54) is 23.5 Å². The summed E-state index contributed by atoms with van der Waals surface area (Å²) in [7, 11) is 1.82. The molecule has 1 fully saturated rings. The van der Waals surface area contributed by atoms with Gasteiger partial charge in [0.1, 0.15) is 10.6 Å². The lowest BCUT2D eigenvalue weighted by atomic mass is 10.0. The molecule has 0 amide bonds. The maximum absolute atomic E-state index is 5.69. The third-order valence-electron chi connectivity index (χ3n) is 3.11. The molecule has 3 heteroatoms. The van der Waals surface area contributed by atoms with Crippen molar-refractivity contribution in [3.63, 3.8) is 0 Å². The van der Waals surface area contributed by atoms with Crippen molar-refractivity contribution in [2.24, 2.45) is 0 Å². The van der Waals surface area contributed by atoms with Gasteiger partial charge in [0, 0.05) is 12.5 Å². The molecule has 0 aromatic carbocycles. The monoisotopic (exact) mass is 211 g/mol. The van der Waals surface area contributed by atoms with Crippen molar-refractivity contribution in [2.75, 3.05) is 7.11 Å². The number of nitrogens with zero attached hydrogens (tertiary/aromatic N) is 1. The molecule has 0 bridgehead atoms. The van der Waals surface area contributed by atoms with Gasteiger partial charge in [0.2, 0.25) is 0 Å². The van der Waals surface area contributed by atoms with Crippen molar-refractivity contribution < 1.29 is 4.74 Å². The zero-order chi connectivity index (χ0) is 10.0. The van der Waals surface area contributed by atoms with Crippen LogP contribution in [-0.4, -0.2) is 12.1 Å². The van der Waals surface area contributed by atoms with Crippen molar-refractivity contribution >= 4 is 11.3 Å². The van der Waals surface area contributed by atoms with Gasteiger partial charge in [0.15, 0.2) is 0 Å². The lowest BCUT2D eigenvalue weighted by Gasteiger charge is -2.24. The number of rotatable bonds is 3. The Morgan fingerprint density at radius 3 is 2.71 bits per heavy atom. The molecule has 0 spiro atoms. The van der Waals surface area contributed by atoms with Crippen LogP contribution < -0.4 is 0 Å². The minimum absolute atomic E-state index is 0.0436. The SMILES string of the molecule is CCc1csc(C2(OC)CCCC2)n1. The van der Waals surface area contributed by atoms with E-state index in [1.807, 2.05) is 7.11 Å². The molecule has 0 saturated heterocycles. The highest BCUT2D eigenvalue weighted by atomic mass is 32.1. The van der Waals surface area contributed by atoms with Crippen molar-refractivity contribution in [3.05, 3.63) is 16.1 Å². The summed E-state index contributed by atoms with van der Waals surface area (Å²) < 4.78 is 5.69. The van der Waals surface area contributed by atoms with Gasteiger partial charge in [-0.2, -0.15) is 0 Å². The standard InChI is InChI=1S/C11H17NOS/c1-3-9-8-14-10(12-9)11(13-2)6-4-5-7-11/h8H,3-7H2,1-2H3. The van der Waals surface area contributed by atoms with Gasteiger partial charge in [-0.15, -0.1) is 11.3 Å². The number of aryl methyl sites for hydroxylation is 1. The van der Waals surface area contributed by atoms with Crippen LogP contribution in [0.3, 0.4) is 0 Å². The lowest BCUT2D eigenvalue weighted by molar-refractivity contribution is -0.00895. The molecular formula is C11H17NOS. The van der Waals surface area contributed by atoms with Gasteiger partial charge in [0.05, 0.1) is 5.69 Å². The fraction of sp³-hybridized carbons (Fsp3) is 0.727. The van der Waals surface area contributed by atoms with Crippen LogP contribution in [0, 0.1) is 0 Å². The average molecular weight is 211 g/mol. The summed E-state index contributed by atoms with van der Waals surface area (Å²) in [6.07, 6.45) is 5.85. The molecule has 0 unspecified atom stereocenters. The van der Waals surface area contributed by atoms with Gasteiger partial charge >= 0.3 is 0 Å². The molecule has 1 aliphatic carbocycles. The zero-order valence-electron chi connectivity index (χ0n) is 8.88. The maximum atomic E-state index is 5.69. The largest absolute Gasteiger partial charge is 0.371 e. The highest BCUT2D eigenvalue weighted by Gasteiger charge is 2.38. The summed E-state index contributed by atoms with van der Waals surface area (Å²) in [4.78, 5) is 4.65. The first-order valence-corrected chi connectivity index (χ1v) is 6.19. The number of aromatic nitrogens is 1. The van der Waals surface area contributed by atoms with Gasteiger partial charge in [-0.05, 0) is 19.3 Å². The van der Waals surface area contributed by atoms with Crippen LogP contribution in [0.4, 0.5) is 0 Å². The summed E-state index contributed by atoms with van der Waals surface area (Å²) in [5.74, 6) is 0. The molecule has 1 saturated carbocycles. The summed E-state index contributed by atoms with van der Waals surface area (Å²) in [6.45, 7) is 2.15. The van der Waals surface area contributed by atoms with E-state index in [1.54, 1.807) is 11.3 Å². The van der Waals surface area contributed by atoms with Gasteiger partial charge in [0.25, 0.3) is 0 Å². The quantitative estimate of drug-likeness (QED) is 0.766. The smallest absolute Gasteiger partial charge is 0.125 e. The fourth-order valence-corrected chi connectivity index (χ4v) is 3.27. The number of thiazole rings is 1. The molecule has 1 aromatic heterocycles. The average Bonchev–Trinajstić information content (AvgIpc) is 2.87. The molecule has 0 N–H and O–H groups in total. The van der Waals surface area contributed by atoms with E-state index in [2.05, 4.69) is 17.3 Å². The minimum atomic E-state index is -0.0436. The van der Waals surface area contributed by atoms with E-state index in [0.29, 0.717) is 0 Å². The summed E-state index contributed by atoms with van der Waals surface area (Å²) in [5, 5.41) is 3.35. The normalized spacial score (nSPS) is 20.1. The molecular weight excluding hydrogens is 194 g/mol. The Hall–Kier alpha value is -0.410. The maximum Gasteiger partial charge on any atom is 0.125 e. The van der Waals surface area contributed by atoms with Gasteiger partial charge in [-0.1, -0.05) is 19.8 Å². The Balaban J connectivity index is 2.26. The predicted octanol–water partition coefficient (Wildman–Crippen LogP) is 3.12. The number of methoxy groups -OCH3 is 1. The van der Waals surface area contributed by atoms with Crippen molar-refractivity contribution in [2.45, 2.75) is 44.6 Å². The van der Waals surface area contributed by atoms with E-state index < -0.39 is 0 Å². The van der Waals surface area contributed by atoms with Crippen LogP contribution in [0.25, 0.3) is 0 Å². The molecule has 1 heterocycles. The van der Waals surface area contributed by atoms with Crippen molar-refractivity contribution in [1.82, 2.24) is 4.98 Å². The van der Waals surface area contributed by atoms with E-state index in [4.69, 9.17) is 4.74 Å². The number of ether oxygens (including phenoxy) is 1. The van der Waals surface area contributed by atoms with Gasteiger partial charge in [-0.3, -0.25) is 0 Å². The van der Waals surface area contributed by atoms with Crippen LogP contribution >= 0.6 is 11.3 Å². The molecule has 1 aromatic rings. The second-order valence-electron chi connectivity index (χ2n) is 3.90. The summed E-state index contributed by atoms with van der Waals surface area (Å²) in [6, 6.07) is 0. The van der Waals surface area contributed by atoms with E-state index in [0.717, 1.165) is 19.3 Å². The van der Waals surface area contributed by atoms with Crippen LogP contribution in [0.2, 0.25) is 0 Å². The topological polar surface area (TPSA) is 22.1 Å². The highest BCUT2D eigenvalue weighted by Crippen LogP contribution is 2.42. The van der Waals surface area contributed by atoms with Crippen molar-refractivity contribution in [1.29, 1.82) is 0 Å². The molecule has 2 nitrogen and oxygen atoms in total. The second kappa shape index (κ2) is 3.99. The second-order valence-corrected chi connectivity index (χ2v) is 4.76. The summed E-state index contributed by atoms with van der Waals surface area (Å²) >= 11 is 1.76. The molecule has 0 atom stereocenters. The van der Waals surface area contributed by atoms with Gasteiger partial charge < -0.3 is 4.74 Å². The van der Waals surface area contributed by atoms with E-state index >= 15 is 0 Å². The predicted molar refractivity (Wildman–Crippen MR) is 58.6 cm³/mol. The van der Waals surface area contributed by atoms with Crippen LogP contribution in [-0.2, 0) is 16.8 Å². The van der Waals surface area contributed by atoms with E-state index in [9.17, 15) is 0 Å². The van der Waals surface area contributed by atoms with Gasteiger partial charge in [-0.25, -0.2) is 4.98 Å². The Morgan fingerprint density at radius 2 is 2.21 bits per heavy atom. The summed E-state index contributed by atoms with van der Waals surface area (Å²) in [5.41, 5.74) is 1.16. The van der Waals surface area contributed by atoms with Crippen molar-refractivity contribution in [3.8, 4) is 0 Å². The third kappa shape index (κ3) is 1.59.